The van der Waals surface area contributed by atoms with Crippen LogP contribution in [-0.4, -0.2) is 71.6 Å². The monoisotopic (exact) mass is 399 g/mol. The van der Waals surface area contributed by atoms with Crippen LogP contribution >= 0.6 is 0 Å². The molecule has 8 heteroatoms. The molecule has 154 valence electrons. The first kappa shape index (κ1) is 19.6. The van der Waals surface area contributed by atoms with Gasteiger partial charge in [-0.25, -0.2) is 4.79 Å². The molecule has 3 fully saturated rings. The fraction of sp³-hybridized carbons (Fsp3) is 0.476. The molecular weight excluding hydrogens is 374 g/mol. The molecule has 0 unspecified atom stereocenters. The predicted octanol–water partition coefficient (Wildman–Crippen LogP) is 2.32. The quantitative estimate of drug-likeness (QED) is 0.603. The van der Waals surface area contributed by atoms with Gasteiger partial charge in [0.05, 0.1) is 18.7 Å². The lowest BCUT2D eigenvalue weighted by molar-refractivity contribution is -0.122. The molecule has 3 saturated heterocycles. The second kappa shape index (κ2) is 8.75. The van der Waals surface area contributed by atoms with Crippen molar-refractivity contribution < 1.29 is 24.2 Å². The molecule has 1 aromatic heterocycles. The van der Waals surface area contributed by atoms with Gasteiger partial charge in [0.2, 0.25) is 0 Å². The van der Waals surface area contributed by atoms with Crippen molar-refractivity contribution in [2.75, 3.05) is 32.8 Å². The largest absolute Gasteiger partial charge is 0.483 e. The fourth-order valence-corrected chi connectivity index (χ4v) is 4.40. The Bertz CT molecular complexity index is 914. The number of fused-ring (bicyclic) bond motifs is 4. The van der Waals surface area contributed by atoms with Gasteiger partial charge in [0.15, 0.2) is 5.69 Å². The third kappa shape index (κ3) is 4.18. The van der Waals surface area contributed by atoms with Gasteiger partial charge >= 0.3 is 5.97 Å². The van der Waals surface area contributed by atoms with E-state index >= 15 is 0 Å². The van der Waals surface area contributed by atoms with Gasteiger partial charge < -0.3 is 14.6 Å². The van der Waals surface area contributed by atoms with Crippen LogP contribution in [0.2, 0.25) is 0 Å². The third-order valence-electron chi connectivity index (χ3n) is 5.94. The molecule has 0 spiro atoms. The van der Waals surface area contributed by atoms with Crippen LogP contribution in [0.1, 0.15) is 35.3 Å². The molecule has 1 aromatic carbocycles. The van der Waals surface area contributed by atoms with Crippen molar-refractivity contribution in [3.05, 3.63) is 35.5 Å². The molecule has 0 saturated carbocycles. The standard InChI is InChI=1S/C20H23N3O3.CH2O2/c24-20(26-18-12-23-7-3-14(18)4-8-23)19-16-2-1-15(11-17(16)21-22-19)13-5-9-25-10-6-13;2-1-3/h1-2,5,11,14,18H,3-4,6-10,12H2,(H,21,22);1H,(H,2,3)/t18-;/m1./s1. The molecule has 2 aromatic rings. The zero-order chi connectivity index (χ0) is 20.2. The number of hydrogen-bond acceptors (Lipinski definition) is 6. The maximum atomic E-state index is 12.7. The number of esters is 1. The Morgan fingerprint density at radius 3 is 2.79 bits per heavy atom. The molecule has 6 rings (SSSR count). The number of carbonyl (C=O) groups is 2. The SMILES string of the molecule is O=C(O[C@@H]1CN2CCC1CC2)c1n[nH]c2cc(C3=CCOCC3)ccc12.O=CO. The number of aromatic amines is 1. The first-order chi connectivity index (χ1) is 14.2. The molecule has 2 bridgehead atoms. The van der Waals surface area contributed by atoms with Crippen LogP contribution in [-0.2, 0) is 14.3 Å². The highest BCUT2D eigenvalue weighted by Gasteiger charge is 2.37. The number of H-pyrrole nitrogens is 1. The summed E-state index contributed by atoms with van der Waals surface area (Å²) in [6, 6.07) is 6.09. The summed E-state index contributed by atoms with van der Waals surface area (Å²) in [6.07, 6.45) is 5.28. The van der Waals surface area contributed by atoms with E-state index in [4.69, 9.17) is 19.4 Å². The highest BCUT2D eigenvalue weighted by atomic mass is 16.5. The average molecular weight is 399 g/mol. The number of carboxylic acid groups (broad SMARTS) is 1. The average Bonchev–Trinajstić information content (AvgIpc) is 3.19. The number of aromatic nitrogens is 2. The molecule has 0 aliphatic carbocycles. The van der Waals surface area contributed by atoms with Crippen molar-refractivity contribution >= 4 is 28.9 Å². The Balaban J connectivity index is 0.000000645. The predicted molar refractivity (Wildman–Crippen MR) is 107 cm³/mol. The molecule has 0 radical (unpaired) electrons. The molecular formula is C21H25N3O5. The number of nitrogens with one attached hydrogen (secondary N) is 1. The van der Waals surface area contributed by atoms with E-state index in [0.717, 1.165) is 62.0 Å². The topological polar surface area (TPSA) is 105 Å². The summed E-state index contributed by atoms with van der Waals surface area (Å²) in [5.41, 5.74) is 3.70. The highest BCUT2D eigenvalue weighted by Crippen LogP contribution is 2.31. The van der Waals surface area contributed by atoms with Gasteiger partial charge in [0.25, 0.3) is 6.47 Å². The van der Waals surface area contributed by atoms with E-state index in [0.29, 0.717) is 18.2 Å². The zero-order valence-electron chi connectivity index (χ0n) is 16.2. The molecule has 8 nitrogen and oxygen atoms in total. The van der Waals surface area contributed by atoms with Gasteiger partial charge in [0.1, 0.15) is 6.10 Å². The second-order valence-electron chi connectivity index (χ2n) is 7.57. The summed E-state index contributed by atoms with van der Waals surface area (Å²) in [6.45, 7) is 4.29. The van der Waals surface area contributed by atoms with Gasteiger partial charge in [-0.05, 0) is 61.5 Å². The number of hydrogen-bond donors (Lipinski definition) is 2. The first-order valence-corrected chi connectivity index (χ1v) is 9.96. The molecule has 1 atom stereocenters. The summed E-state index contributed by atoms with van der Waals surface area (Å²) in [4.78, 5) is 23.4. The molecule has 4 aliphatic rings. The number of nitrogens with zero attached hydrogens (tertiary/aromatic N) is 2. The van der Waals surface area contributed by atoms with Crippen LogP contribution in [0.3, 0.4) is 0 Å². The Morgan fingerprint density at radius 2 is 2.14 bits per heavy atom. The van der Waals surface area contributed by atoms with E-state index in [-0.39, 0.29) is 18.5 Å². The van der Waals surface area contributed by atoms with Gasteiger partial charge in [-0.2, -0.15) is 5.10 Å². The van der Waals surface area contributed by atoms with Crippen molar-refractivity contribution in [3.63, 3.8) is 0 Å². The van der Waals surface area contributed by atoms with Gasteiger partial charge in [0, 0.05) is 11.9 Å². The molecule has 4 aliphatic heterocycles. The normalized spacial score (nSPS) is 25.7. The summed E-state index contributed by atoms with van der Waals surface area (Å²) in [5.74, 6) is 0.189. The molecule has 2 N–H and O–H groups in total. The van der Waals surface area contributed by atoms with E-state index in [1.807, 2.05) is 6.07 Å². The maximum Gasteiger partial charge on any atom is 0.359 e. The maximum absolute atomic E-state index is 12.7. The van der Waals surface area contributed by atoms with E-state index in [1.54, 1.807) is 0 Å². The van der Waals surface area contributed by atoms with Crippen molar-refractivity contribution in [3.8, 4) is 0 Å². The van der Waals surface area contributed by atoms with Crippen molar-refractivity contribution in [1.82, 2.24) is 15.1 Å². The van der Waals surface area contributed by atoms with E-state index in [9.17, 15) is 4.79 Å². The van der Waals surface area contributed by atoms with Gasteiger partial charge in [-0.3, -0.25) is 14.8 Å². The smallest absolute Gasteiger partial charge is 0.359 e. The summed E-state index contributed by atoms with van der Waals surface area (Å²) in [5, 5.41) is 15.0. The van der Waals surface area contributed by atoms with Gasteiger partial charge in [-0.1, -0.05) is 12.1 Å². The highest BCUT2D eigenvalue weighted by molar-refractivity contribution is 6.02. The number of carbonyl (C=O) groups excluding carboxylic acids is 1. The van der Waals surface area contributed by atoms with Gasteiger partial charge in [-0.15, -0.1) is 0 Å². The number of benzene rings is 1. The summed E-state index contributed by atoms with van der Waals surface area (Å²) in [7, 11) is 0. The third-order valence-corrected chi connectivity index (χ3v) is 5.94. The van der Waals surface area contributed by atoms with Crippen LogP contribution in [0.5, 0.6) is 0 Å². The second-order valence-corrected chi connectivity index (χ2v) is 7.57. The Morgan fingerprint density at radius 1 is 1.34 bits per heavy atom. The first-order valence-electron chi connectivity index (χ1n) is 9.96. The minimum Gasteiger partial charge on any atom is -0.483 e. The van der Waals surface area contributed by atoms with Crippen LogP contribution in [0.25, 0.3) is 16.5 Å². The van der Waals surface area contributed by atoms with Crippen molar-refractivity contribution in [2.45, 2.75) is 25.4 Å². The Kier molecular flexibility index (Phi) is 5.92. The van der Waals surface area contributed by atoms with Crippen LogP contribution in [0.4, 0.5) is 0 Å². The van der Waals surface area contributed by atoms with Crippen LogP contribution in [0.15, 0.2) is 24.3 Å². The van der Waals surface area contributed by atoms with Crippen LogP contribution < -0.4 is 0 Å². The lowest BCUT2D eigenvalue weighted by Gasteiger charge is -2.43. The molecule has 0 amide bonds. The summed E-state index contributed by atoms with van der Waals surface area (Å²) < 4.78 is 11.2. The zero-order valence-corrected chi connectivity index (χ0v) is 16.2. The van der Waals surface area contributed by atoms with E-state index in [1.165, 1.54) is 5.57 Å². The van der Waals surface area contributed by atoms with E-state index < -0.39 is 0 Å². The van der Waals surface area contributed by atoms with Crippen molar-refractivity contribution in [2.24, 2.45) is 5.92 Å². The lowest BCUT2D eigenvalue weighted by Crippen LogP contribution is -2.51. The molecule has 29 heavy (non-hydrogen) atoms. The van der Waals surface area contributed by atoms with Crippen molar-refractivity contribution in [1.29, 1.82) is 0 Å². The number of rotatable bonds is 3. The minimum atomic E-state index is -0.312. The van der Waals surface area contributed by atoms with E-state index in [2.05, 4.69) is 33.3 Å². The lowest BCUT2D eigenvalue weighted by atomic mass is 9.86. The minimum absolute atomic E-state index is 0.00316. The Hall–Kier alpha value is -2.71. The number of piperidine rings is 3. The number of ether oxygens (including phenoxy) is 2. The molecule has 5 heterocycles. The Labute approximate surface area is 168 Å². The summed E-state index contributed by atoms with van der Waals surface area (Å²) >= 11 is 0. The van der Waals surface area contributed by atoms with Crippen LogP contribution in [0, 0.1) is 5.92 Å². The fourth-order valence-electron chi connectivity index (χ4n) is 4.40.